The Kier molecular flexibility index (Phi) is 9.41. The van der Waals surface area contributed by atoms with Crippen LogP contribution in [0.15, 0.2) is 0 Å². The first-order chi connectivity index (χ1) is 5.48. The van der Waals surface area contributed by atoms with Gasteiger partial charge in [-0.2, -0.15) is 0 Å². The molecule has 13 heavy (non-hydrogen) atoms. The molecule has 0 atom stereocenters. The number of hydrogen-bond acceptors (Lipinski definition) is 2. The zero-order chi connectivity index (χ0) is 9.61. The van der Waals surface area contributed by atoms with Gasteiger partial charge in [-0.1, -0.05) is 0 Å². The zero-order valence-electron chi connectivity index (χ0n) is 9.51. The summed E-state index contributed by atoms with van der Waals surface area (Å²) in [7, 11) is 10.4. The van der Waals surface area contributed by atoms with Gasteiger partial charge in [0.15, 0.2) is 0 Å². The van der Waals surface area contributed by atoms with Gasteiger partial charge in [0.2, 0.25) is 0 Å². The van der Waals surface area contributed by atoms with E-state index in [0.29, 0.717) is 0 Å². The van der Waals surface area contributed by atoms with E-state index in [2.05, 4.69) is 33.1 Å². The number of halogens is 1. The molecule has 3 nitrogen and oxygen atoms in total. The fraction of sp³-hybridized carbons (Fsp3) is 1.00. The minimum absolute atomic E-state index is 0. The number of ether oxygens (including phenoxy) is 1. The number of hydrogen-bond donors (Lipinski definition) is 0. The summed E-state index contributed by atoms with van der Waals surface area (Å²) < 4.78 is 6.09. The lowest BCUT2D eigenvalue weighted by Gasteiger charge is -2.30. The van der Waals surface area contributed by atoms with Crippen LogP contribution in [0.1, 0.15) is 0 Å². The molecule has 0 radical (unpaired) electrons. The van der Waals surface area contributed by atoms with Crippen LogP contribution in [0, 0.1) is 0 Å². The third kappa shape index (κ3) is 10.3. The Morgan fingerprint density at radius 1 is 1.15 bits per heavy atom. The summed E-state index contributed by atoms with van der Waals surface area (Å²) in [6, 6.07) is 0. The SMILES string of the molecule is COCC[N+](C)(C)CCN(C)C.[Br-]. The second kappa shape index (κ2) is 7.74. The van der Waals surface area contributed by atoms with Crippen molar-refractivity contribution in [2.75, 3.05) is 61.5 Å². The molecule has 0 aromatic carbocycles. The molecule has 0 spiro atoms. The van der Waals surface area contributed by atoms with Crippen molar-refractivity contribution in [1.82, 2.24) is 4.90 Å². The van der Waals surface area contributed by atoms with Crippen molar-refractivity contribution in [3.8, 4) is 0 Å². The molecule has 0 amide bonds. The molecule has 4 heteroatoms. The normalized spacial score (nSPS) is 11.5. The van der Waals surface area contributed by atoms with Gasteiger partial charge in [-0.15, -0.1) is 0 Å². The van der Waals surface area contributed by atoms with Crippen LogP contribution in [0.2, 0.25) is 0 Å². The topological polar surface area (TPSA) is 12.5 Å². The average Bonchev–Trinajstić information content (AvgIpc) is 1.98. The molecule has 0 aliphatic heterocycles. The Balaban J connectivity index is 0. The highest BCUT2D eigenvalue weighted by Crippen LogP contribution is 1.96. The highest BCUT2D eigenvalue weighted by molar-refractivity contribution is 4.41. The largest absolute Gasteiger partial charge is 1.00 e. The maximum absolute atomic E-state index is 5.06. The Morgan fingerprint density at radius 2 is 1.69 bits per heavy atom. The van der Waals surface area contributed by atoms with Crippen molar-refractivity contribution in [3.05, 3.63) is 0 Å². The Hall–Kier alpha value is 0.360. The predicted molar refractivity (Wildman–Crippen MR) is 52.3 cm³/mol. The molecule has 82 valence electrons. The standard InChI is InChI=1S/C9H23N2O.BrH/c1-10(2)6-7-11(3,4)8-9-12-5;/h6-9H2,1-5H3;1H/q+1;/p-1. The fourth-order valence-electron chi connectivity index (χ4n) is 0.921. The highest BCUT2D eigenvalue weighted by Gasteiger charge is 2.13. The van der Waals surface area contributed by atoms with Gasteiger partial charge in [0.05, 0.1) is 27.2 Å². The summed E-state index contributed by atoms with van der Waals surface area (Å²) in [5.74, 6) is 0. The van der Waals surface area contributed by atoms with Gasteiger partial charge in [-0.3, -0.25) is 0 Å². The number of nitrogens with zero attached hydrogens (tertiary/aromatic N) is 2. The van der Waals surface area contributed by atoms with E-state index < -0.39 is 0 Å². The van der Waals surface area contributed by atoms with E-state index in [0.717, 1.165) is 24.2 Å². The molecule has 0 N–H and O–H groups in total. The lowest BCUT2D eigenvalue weighted by atomic mass is 10.4. The Morgan fingerprint density at radius 3 is 2.08 bits per heavy atom. The summed E-state index contributed by atoms with van der Waals surface area (Å²) in [6.45, 7) is 4.25. The van der Waals surface area contributed by atoms with Crippen molar-refractivity contribution in [3.63, 3.8) is 0 Å². The maximum atomic E-state index is 5.06. The van der Waals surface area contributed by atoms with E-state index in [4.69, 9.17) is 4.74 Å². The van der Waals surface area contributed by atoms with Crippen LogP contribution in [-0.2, 0) is 4.74 Å². The molecule has 0 saturated heterocycles. The van der Waals surface area contributed by atoms with Crippen molar-refractivity contribution < 1.29 is 26.2 Å². The van der Waals surface area contributed by atoms with Gasteiger partial charge in [-0.25, -0.2) is 0 Å². The minimum Gasteiger partial charge on any atom is -1.00 e. The van der Waals surface area contributed by atoms with E-state index in [1.54, 1.807) is 7.11 Å². The predicted octanol–water partition coefficient (Wildman–Crippen LogP) is -2.73. The highest BCUT2D eigenvalue weighted by atomic mass is 79.9. The molecule has 0 bridgehead atoms. The first kappa shape index (κ1) is 15.8. The second-order valence-electron chi connectivity index (χ2n) is 4.18. The molecule has 0 aliphatic rings. The van der Waals surface area contributed by atoms with E-state index >= 15 is 0 Å². The number of methoxy groups -OCH3 is 1. The van der Waals surface area contributed by atoms with Crippen molar-refractivity contribution in [2.45, 2.75) is 0 Å². The molecular weight excluding hydrogens is 232 g/mol. The smallest absolute Gasteiger partial charge is 0.102 e. The first-order valence-electron chi connectivity index (χ1n) is 4.43. The van der Waals surface area contributed by atoms with Crippen molar-refractivity contribution in [1.29, 1.82) is 0 Å². The van der Waals surface area contributed by atoms with E-state index in [-0.39, 0.29) is 17.0 Å². The lowest BCUT2D eigenvalue weighted by Crippen LogP contribution is -3.00. The number of quaternary nitrogens is 1. The van der Waals surface area contributed by atoms with Gasteiger partial charge in [-0.05, 0) is 14.1 Å². The molecule has 0 rings (SSSR count). The summed E-state index contributed by atoms with van der Waals surface area (Å²) in [4.78, 5) is 2.22. The second-order valence-corrected chi connectivity index (χ2v) is 4.18. The Labute approximate surface area is 93.0 Å². The van der Waals surface area contributed by atoms with E-state index in [1.165, 1.54) is 6.54 Å². The third-order valence-corrected chi connectivity index (χ3v) is 2.05. The summed E-state index contributed by atoms with van der Waals surface area (Å²) >= 11 is 0. The van der Waals surface area contributed by atoms with Crippen LogP contribution in [0.3, 0.4) is 0 Å². The molecule has 0 saturated carbocycles. The van der Waals surface area contributed by atoms with Crippen LogP contribution < -0.4 is 17.0 Å². The van der Waals surface area contributed by atoms with Crippen molar-refractivity contribution >= 4 is 0 Å². The van der Waals surface area contributed by atoms with Crippen molar-refractivity contribution in [2.24, 2.45) is 0 Å². The molecular formula is C9H23BrN2O. The Bertz CT molecular complexity index is 118. The quantitative estimate of drug-likeness (QED) is 0.478. The molecule has 0 aromatic heterocycles. The van der Waals surface area contributed by atoms with Gasteiger partial charge >= 0.3 is 0 Å². The number of likely N-dealkylation sites (N-methyl/N-ethyl adjacent to an activating group) is 2. The van der Waals surface area contributed by atoms with Gasteiger partial charge in [0.25, 0.3) is 0 Å². The van der Waals surface area contributed by atoms with Crippen LogP contribution >= 0.6 is 0 Å². The van der Waals surface area contributed by atoms with Gasteiger partial charge in [0, 0.05) is 13.7 Å². The van der Waals surface area contributed by atoms with Crippen LogP contribution in [-0.4, -0.2) is 70.9 Å². The third-order valence-electron chi connectivity index (χ3n) is 2.05. The summed E-state index contributed by atoms with van der Waals surface area (Å²) in [5, 5.41) is 0. The molecule has 0 unspecified atom stereocenters. The van der Waals surface area contributed by atoms with Crippen LogP contribution in [0.25, 0.3) is 0 Å². The first-order valence-corrected chi connectivity index (χ1v) is 4.43. The monoisotopic (exact) mass is 254 g/mol. The minimum atomic E-state index is 0. The van der Waals surface area contributed by atoms with Crippen LogP contribution in [0.5, 0.6) is 0 Å². The molecule has 0 aliphatic carbocycles. The van der Waals surface area contributed by atoms with Crippen LogP contribution in [0.4, 0.5) is 0 Å². The van der Waals surface area contributed by atoms with E-state index in [1.807, 2.05) is 0 Å². The van der Waals surface area contributed by atoms with E-state index in [9.17, 15) is 0 Å². The number of rotatable bonds is 6. The maximum Gasteiger partial charge on any atom is 0.102 e. The van der Waals surface area contributed by atoms with Gasteiger partial charge in [0.1, 0.15) is 6.54 Å². The molecule has 0 aromatic rings. The zero-order valence-corrected chi connectivity index (χ0v) is 11.1. The molecule has 0 fully saturated rings. The summed E-state index contributed by atoms with van der Waals surface area (Å²) in [6.07, 6.45) is 0. The summed E-state index contributed by atoms with van der Waals surface area (Å²) in [5.41, 5.74) is 0. The lowest BCUT2D eigenvalue weighted by molar-refractivity contribution is -0.890. The average molecular weight is 255 g/mol. The fourth-order valence-corrected chi connectivity index (χ4v) is 0.921. The van der Waals surface area contributed by atoms with Gasteiger partial charge < -0.3 is 31.1 Å². The molecule has 0 heterocycles.